The number of aromatic nitrogens is 1. The van der Waals surface area contributed by atoms with E-state index in [0.717, 1.165) is 42.7 Å². The van der Waals surface area contributed by atoms with E-state index in [1.807, 2.05) is 0 Å². The Hall–Kier alpha value is -2.09. The van der Waals surface area contributed by atoms with Gasteiger partial charge in [-0.3, -0.25) is 4.79 Å². The Morgan fingerprint density at radius 2 is 1.89 bits per heavy atom. The summed E-state index contributed by atoms with van der Waals surface area (Å²) in [4.78, 5) is 17.2. The van der Waals surface area contributed by atoms with E-state index in [-0.39, 0.29) is 17.1 Å². The van der Waals surface area contributed by atoms with Crippen LogP contribution >= 0.6 is 11.3 Å². The third-order valence-corrected chi connectivity index (χ3v) is 8.78. The summed E-state index contributed by atoms with van der Waals surface area (Å²) in [5.74, 6) is -0.153. The maximum absolute atomic E-state index is 14.8. The molecule has 1 aliphatic rings. The first kappa shape index (κ1) is 29.5. The second-order valence-corrected chi connectivity index (χ2v) is 12.8. The van der Waals surface area contributed by atoms with Crippen molar-refractivity contribution in [2.24, 2.45) is 5.92 Å². The van der Waals surface area contributed by atoms with Crippen molar-refractivity contribution >= 4 is 27.3 Å². The van der Waals surface area contributed by atoms with Gasteiger partial charge < -0.3 is 10.4 Å². The summed E-state index contributed by atoms with van der Waals surface area (Å²) >= 11 is 1.02. The van der Waals surface area contributed by atoms with Crippen LogP contribution in [-0.2, 0) is 16.4 Å². The minimum absolute atomic E-state index is 0.0125. The summed E-state index contributed by atoms with van der Waals surface area (Å²) in [7, 11) is -4.59. The summed E-state index contributed by atoms with van der Waals surface area (Å²) in [6.07, 6.45) is -2.84. The molecule has 206 valence electrons. The Morgan fingerprint density at radius 1 is 1.24 bits per heavy atom. The highest BCUT2D eigenvalue weighted by Gasteiger charge is 2.39. The van der Waals surface area contributed by atoms with Gasteiger partial charge in [0.05, 0.1) is 21.1 Å². The van der Waals surface area contributed by atoms with Crippen LogP contribution in [0, 0.1) is 5.92 Å². The first-order chi connectivity index (χ1) is 17.0. The molecule has 1 aromatic carbocycles. The van der Waals surface area contributed by atoms with Crippen molar-refractivity contribution in [3.05, 3.63) is 34.5 Å². The van der Waals surface area contributed by atoms with Crippen LogP contribution in [0.3, 0.4) is 0 Å². The molecule has 2 atom stereocenters. The molecule has 0 saturated heterocycles. The predicted molar refractivity (Wildman–Crippen MR) is 133 cm³/mol. The molecule has 3 N–H and O–H groups in total. The molecule has 0 radical (unpaired) electrons. The Kier molecular flexibility index (Phi) is 8.72. The van der Waals surface area contributed by atoms with Gasteiger partial charge in [-0.25, -0.2) is 17.8 Å². The number of hydrogen-bond acceptors (Lipinski definition) is 6. The molecular weight excluding hydrogens is 534 g/mol. The van der Waals surface area contributed by atoms with Gasteiger partial charge >= 0.3 is 6.18 Å². The lowest BCUT2D eigenvalue weighted by Crippen LogP contribution is -2.42. The highest BCUT2D eigenvalue weighted by molar-refractivity contribution is 7.89. The molecule has 37 heavy (non-hydrogen) atoms. The normalized spacial score (nSPS) is 16.8. The smallest absolute Gasteiger partial charge is 0.389 e. The summed E-state index contributed by atoms with van der Waals surface area (Å²) in [5, 5.41) is 12.6. The van der Waals surface area contributed by atoms with Crippen molar-refractivity contribution in [2.75, 3.05) is 6.54 Å². The van der Waals surface area contributed by atoms with Crippen LogP contribution in [0.2, 0.25) is 0 Å². The fraction of sp³-hybridized carbons (Fsp3) is 0.583. The standard InChI is InChI=1S/C24H31F4N3O4S2/c1-13(25)18-11-16(37(34,35)31-14(2)24(26,27)28)8-9-17(18)20-19(10-15-6-5-7-15)30-22(36-20)21(32)29-12-23(3,4)33/h8-9,11,13-15,31,33H,5-7,10,12H2,1-4H3,(H,29,32)/t13?,14-/m0/s1. The minimum atomic E-state index is -4.79. The quantitative estimate of drug-likeness (QED) is 0.355. The van der Waals surface area contributed by atoms with E-state index < -0.39 is 44.8 Å². The monoisotopic (exact) mass is 565 g/mol. The number of halogens is 4. The highest BCUT2D eigenvalue weighted by Crippen LogP contribution is 2.40. The van der Waals surface area contributed by atoms with Crippen molar-refractivity contribution < 1.29 is 35.9 Å². The Labute approximate surface area is 217 Å². The predicted octanol–water partition coefficient (Wildman–Crippen LogP) is 4.91. The number of alkyl halides is 4. The number of aliphatic hydroxyl groups is 1. The fourth-order valence-corrected chi connectivity index (χ4v) is 6.07. The van der Waals surface area contributed by atoms with Crippen LogP contribution in [0.15, 0.2) is 23.1 Å². The number of thiazole rings is 1. The van der Waals surface area contributed by atoms with Crippen LogP contribution in [0.5, 0.6) is 0 Å². The molecule has 1 fully saturated rings. The maximum Gasteiger partial charge on any atom is 0.404 e. The second kappa shape index (κ2) is 11.0. The number of amides is 1. The Morgan fingerprint density at radius 3 is 2.41 bits per heavy atom. The third-order valence-electron chi connectivity index (χ3n) is 6.11. The van der Waals surface area contributed by atoms with Gasteiger partial charge in [-0.2, -0.15) is 17.9 Å². The second-order valence-electron chi connectivity index (χ2n) is 10.0. The van der Waals surface area contributed by atoms with E-state index in [9.17, 15) is 35.9 Å². The van der Waals surface area contributed by atoms with Crippen LogP contribution in [0.25, 0.3) is 10.4 Å². The maximum atomic E-state index is 14.8. The summed E-state index contributed by atoms with van der Waals surface area (Å²) in [5.41, 5.74) is -0.277. The lowest BCUT2D eigenvalue weighted by Gasteiger charge is -2.25. The highest BCUT2D eigenvalue weighted by atomic mass is 32.2. The minimum Gasteiger partial charge on any atom is -0.389 e. The molecule has 0 spiro atoms. The van der Waals surface area contributed by atoms with Gasteiger partial charge in [-0.05, 0) is 63.3 Å². The van der Waals surface area contributed by atoms with E-state index >= 15 is 0 Å². The van der Waals surface area contributed by atoms with Crippen LogP contribution in [0.4, 0.5) is 17.6 Å². The number of carbonyl (C=O) groups is 1. The first-order valence-electron chi connectivity index (χ1n) is 11.9. The molecule has 0 aliphatic heterocycles. The number of carbonyl (C=O) groups excluding carboxylic acids is 1. The number of sulfonamides is 1. The van der Waals surface area contributed by atoms with Crippen molar-refractivity contribution in [3.8, 4) is 10.4 Å². The van der Waals surface area contributed by atoms with Gasteiger partial charge in [0.2, 0.25) is 10.0 Å². The van der Waals surface area contributed by atoms with Crippen LogP contribution in [0.1, 0.15) is 74.2 Å². The summed E-state index contributed by atoms with van der Waals surface area (Å²) in [6.45, 7) is 4.94. The number of nitrogens with zero attached hydrogens (tertiary/aromatic N) is 1. The zero-order valence-corrected chi connectivity index (χ0v) is 22.6. The fourth-order valence-electron chi connectivity index (χ4n) is 3.75. The molecule has 1 saturated carbocycles. The molecule has 1 aromatic heterocycles. The topological polar surface area (TPSA) is 108 Å². The molecule has 7 nitrogen and oxygen atoms in total. The van der Waals surface area contributed by atoms with Crippen molar-refractivity contribution in [3.63, 3.8) is 0 Å². The largest absolute Gasteiger partial charge is 0.404 e. The average Bonchev–Trinajstić information content (AvgIpc) is 3.16. The molecule has 2 aromatic rings. The molecule has 1 aliphatic carbocycles. The first-order valence-corrected chi connectivity index (χ1v) is 14.2. The molecule has 1 unspecified atom stereocenters. The zero-order valence-electron chi connectivity index (χ0n) is 20.9. The number of benzene rings is 1. The summed E-state index contributed by atoms with van der Waals surface area (Å²) in [6, 6.07) is 1.15. The SMILES string of the molecule is CC(F)c1cc(S(=O)(=O)N[C@@H](C)C(F)(F)F)ccc1-c1sc(C(=O)NCC(C)(C)O)nc1CC1CCC1. The molecule has 1 amide bonds. The Bertz CT molecular complexity index is 1230. The van der Waals surface area contributed by atoms with Crippen molar-refractivity contribution in [2.45, 2.75) is 82.3 Å². The number of nitrogens with one attached hydrogen (secondary N) is 2. The molecule has 1 heterocycles. The van der Waals surface area contributed by atoms with Gasteiger partial charge in [0.15, 0.2) is 5.01 Å². The molecule has 13 heteroatoms. The molecule has 3 rings (SSSR count). The van der Waals surface area contributed by atoms with Crippen LogP contribution < -0.4 is 10.0 Å². The van der Waals surface area contributed by atoms with E-state index in [0.29, 0.717) is 35.4 Å². The van der Waals surface area contributed by atoms with Crippen molar-refractivity contribution in [1.82, 2.24) is 15.0 Å². The molecular formula is C24H31F4N3O4S2. The number of hydrogen-bond donors (Lipinski definition) is 3. The lowest BCUT2D eigenvalue weighted by molar-refractivity contribution is -0.147. The zero-order chi connectivity index (χ0) is 27.8. The average molecular weight is 566 g/mol. The van der Waals surface area contributed by atoms with Crippen LogP contribution in [-0.4, -0.2) is 48.8 Å². The van der Waals surface area contributed by atoms with E-state index in [2.05, 4.69) is 10.3 Å². The third kappa shape index (κ3) is 7.49. The number of rotatable bonds is 10. The van der Waals surface area contributed by atoms with Gasteiger partial charge in [0.25, 0.3) is 5.91 Å². The van der Waals surface area contributed by atoms with Crippen molar-refractivity contribution in [1.29, 1.82) is 0 Å². The van der Waals surface area contributed by atoms with Gasteiger partial charge in [-0.1, -0.05) is 25.3 Å². The Balaban J connectivity index is 2.02. The van der Waals surface area contributed by atoms with Gasteiger partial charge in [0, 0.05) is 6.54 Å². The van der Waals surface area contributed by atoms with E-state index in [4.69, 9.17) is 0 Å². The molecule has 0 bridgehead atoms. The van der Waals surface area contributed by atoms with E-state index in [1.165, 1.54) is 26.8 Å². The summed E-state index contributed by atoms with van der Waals surface area (Å²) < 4.78 is 80.3. The van der Waals surface area contributed by atoms with E-state index in [1.54, 1.807) is 4.72 Å². The lowest BCUT2D eigenvalue weighted by atomic mass is 9.81. The van der Waals surface area contributed by atoms with Gasteiger partial charge in [0.1, 0.15) is 12.2 Å². The van der Waals surface area contributed by atoms with Gasteiger partial charge in [-0.15, -0.1) is 11.3 Å².